The Bertz CT molecular complexity index is 504. The quantitative estimate of drug-likeness (QED) is 0.584. The Morgan fingerprint density at radius 3 is 2.65 bits per heavy atom. The van der Waals surface area contributed by atoms with Gasteiger partial charge in [0.1, 0.15) is 0 Å². The van der Waals surface area contributed by atoms with Gasteiger partial charge < -0.3 is 5.73 Å². The molecule has 1 saturated carbocycles. The minimum absolute atomic E-state index is 0.0256. The zero-order chi connectivity index (χ0) is 12.0. The lowest BCUT2D eigenvalue weighted by atomic mass is 9.56. The fraction of sp³-hybridized carbons (Fsp3) is 0.385. The molecule has 3 fully saturated rings. The van der Waals surface area contributed by atoms with Crippen LogP contribution >= 0.6 is 0 Å². The highest BCUT2D eigenvalue weighted by atomic mass is 16.2. The number of para-hydroxylation sites is 1. The van der Waals surface area contributed by atoms with Gasteiger partial charge in [-0.2, -0.15) is 0 Å². The maximum atomic E-state index is 11.9. The van der Waals surface area contributed by atoms with Crippen LogP contribution in [0.4, 0.5) is 5.69 Å². The molecular weight excluding hydrogens is 216 g/mol. The number of amides is 2. The van der Waals surface area contributed by atoms with Gasteiger partial charge in [-0.15, -0.1) is 0 Å². The van der Waals surface area contributed by atoms with Gasteiger partial charge in [0.05, 0.1) is 5.41 Å². The predicted octanol–water partition coefficient (Wildman–Crippen LogP) is 0.864. The number of carbonyl (C=O) groups is 2. The molecule has 17 heavy (non-hydrogen) atoms. The molecule has 3 aliphatic rings. The number of carbonyl (C=O) groups excluding carboxylic acids is 2. The van der Waals surface area contributed by atoms with Crippen molar-refractivity contribution in [2.24, 2.45) is 11.3 Å². The maximum absolute atomic E-state index is 11.9. The van der Waals surface area contributed by atoms with Crippen LogP contribution in [0.3, 0.4) is 0 Å². The molecule has 1 aromatic carbocycles. The van der Waals surface area contributed by atoms with Gasteiger partial charge in [0, 0.05) is 11.6 Å². The standard InChI is InChI=1S/C13H14N2O2/c14-10-4-2-1-3-8(10)5-13-6-9(7-13)11(16)15-12(13)17/h1-4,9H,5-7,14H2,(H,15,16,17). The first-order chi connectivity index (χ1) is 8.11. The number of piperidine rings is 2. The molecule has 4 nitrogen and oxygen atoms in total. The van der Waals surface area contributed by atoms with Crippen molar-refractivity contribution in [3.05, 3.63) is 29.8 Å². The molecule has 4 heteroatoms. The van der Waals surface area contributed by atoms with E-state index in [0.717, 1.165) is 11.3 Å². The largest absolute Gasteiger partial charge is 0.399 e. The van der Waals surface area contributed by atoms with E-state index >= 15 is 0 Å². The molecule has 0 atom stereocenters. The van der Waals surface area contributed by atoms with Gasteiger partial charge in [-0.3, -0.25) is 14.9 Å². The van der Waals surface area contributed by atoms with E-state index < -0.39 is 5.41 Å². The fourth-order valence-corrected chi connectivity index (χ4v) is 2.89. The molecule has 0 spiro atoms. The molecule has 2 heterocycles. The number of nitrogens with one attached hydrogen (secondary N) is 1. The van der Waals surface area contributed by atoms with Crippen LogP contribution in [0, 0.1) is 11.3 Å². The van der Waals surface area contributed by atoms with Crippen molar-refractivity contribution >= 4 is 17.5 Å². The van der Waals surface area contributed by atoms with Crippen LogP contribution in [0.1, 0.15) is 18.4 Å². The summed E-state index contributed by atoms with van der Waals surface area (Å²) in [6, 6.07) is 7.59. The minimum Gasteiger partial charge on any atom is -0.399 e. The van der Waals surface area contributed by atoms with Crippen LogP contribution < -0.4 is 11.1 Å². The summed E-state index contributed by atoms with van der Waals surface area (Å²) >= 11 is 0. The van der Waals surface area contributed by atoms with Crippen molar-refractivity contribution < 1.29 is 9.59 Å². The Hall–Kier alpha value is -1.84. The minimum atomic E-state index is -0.395. The van der Waals surface area contributed by atoms with E-state index in [4.69, 9.17) is 5.73 Å². The number of nitrogen functional groups attached to an aromatic ring is 1. The smallest absolute Gasteiger partial charge is 0.233 e. The lowest BCUT2D eigenvalue weighted by Crippen LogP contribution is -2.62. The average Bonchev–Trinajstić information content (AvgIpc) is 2.23. The Kier molecular flexibility index (Phi) is 2.02. The van der Waals surface area contributed by atoms with Gasteiger partial charge in [0.2, 0.25) is 11.8 Å². The van der Waals surface area contributed by atoms with E-state index in [1.807, 2.05) is 24.3 Å². The first-order valence-electron chi connectivity index (χ1n) is 5.79. The van der Waals surface area contributed by atoms with E-state index in [0.29, 0.717) is 19.3 Å². The lowest BCUT2D eigenvalue weighted by Gasteiger charge is -2.49. The SMILES string of the molecule is Nc1ccccc1CC12CC(C1)C(=O)NC2=O. The number of fused-ring (bicyclic) bond motifs is 2. The van der Waals surface area contributed by atoms with Crippen LogP contribution in [-0.2, 0) is 16.0 Å². The van der Waals surface area contributed by atoms with Crippen molar-refractivity contribution in [1.82, 2.24) is 5.32 Å². The summed E-state index contributed by atoms with van der Waals surface area (Å²) in [5.41, 5.74) is 7.21. The molecule has 88 valence electrons. The number of imide groups is 1. The second-order valence-electron chi connectivity index (χ2n) is 5.08. The van der Waals surface area contributed by atoms with Gasteiger partial charge in [-0.05, 0) is 30.9 Å². The van der Waals surface area contributed by atoms with Crippen molar-refractivity contribution in [3.63, 3.8) is 0 Å². The number of nitrogens with two attached hydrogens (primary N) is 1. The molecule has 2 amide bonds. The third-order valence-corrected chi connectivity index (χ3v) is 3.95. The Labute approximate surface area is 99.2 Å². The van der Waals surface area contributed by atoms with E-state index in [1.165, 1.54) is 0 Å². The highest BCUT2D eigenvalue weighted by Crippen LogP contribution is 2.51. The van der Waals surface area contributed by atoms with Crippen LogP contribution in [0.5, 0.6) is 0 Å². The van der Waals surface area contributed by atoms with Crippen molar-refractivity contribution in [3.8, 4) is 0 Å². The highest BCUT2D eigenvalue weighted by Gasteiger charge is 2.57. The second-order valence-corrected chi connectivity index (χ2v) is 5.08. The molecule has 2 aliphatic heterocycles. The van der Waals surface area contributed by atoms with Crippen molar-refractivity contribution in [1.29, 1.82) is 0 Å². The topological polar surface area (TPSA) is 72.2 Å². The van der Waals surface area contributed by atoms with Crippen LogP contribution in [-0.4, -0.2) is 11.8 Å². The zero-order valence-corrected chi connectivity index (χ0v) is 9.40. The summed E-state index contributed by atoms with van der Waals surface area (Å²) in [4.78, 5) is 23.3. The molecular formula is C13H14N2O2. The summed E-state index contributed by atoms with van der Waals surface area (Å²) in [6.07, 6.45) is 1.98. The molecule has 0 unspecified atom stereocenters. The molecule has 0 aromatic heterocycles. The summed E-state index contributed by atoms with van der Waals surface area (Å²) < 4.78 is 0. The summed E-state index contributed by atoms with van der Waals surface area (Å²) in [7, 11) is 0. The van der Waals surface area contributed by atoms with Gasteiger partial charge in [-0.25, -0.2) is 0 Å². The van der Waals surface area contributed by atoms with E-state index in [1.54, 1.807) is 0 Å². The van der Waals surface area contributed by atoms with Crippen LogP contribution in [0.15, 0.2) is 24.3 Å². The molecule has 0 radical (unpaired) electrons. The predicted molar refractivity (Wildman–Crippen MR) is 62.9 cm³/mol. The van der Waals surface area contributed by atoms with E-state index in [2.05, 4.69) is 5.32 Å². The third kappa shape index (κ3) is 1.44. The van der Waals surface area contributed by atoms with Crippen molar-refractivity contribution in [2.75, 3.05) is 5.73 Å². The number of hydrogen-bond donors (Lipinski definition) is 2. The van der Waals surface area contributed by atoms with Crippen LogP contribution in [0.2, 0.25) is 0 Å². The number of benzene rings is 1. The Morgan fingerprint density at radius 1 is 1.29 bits per heavy atom. The number of hydrogen-bond acceptors (Lipinski definition) is 3. The van der Waals surface area contributed by atoms with Gasteiger partial charge in [0.15, 0.2) is 0 Å². The summed E-state index contributed by atoms with van der Waals surface area (Å²) in [5.74, 6) is -0.219. The average molecular weight is 230 g/mol. The van der Waals surface area contributed by atoms with E-state index in [9.17, 15) is 9.59 Å². The fourth-order valence-electron chi connectivity index (χ4n) is 2.89. The molecule has 2 saturated heterocycles. The summed E-state index contributed by atoms with van der Waals surface area (Å²) in [5, 5.41) is 2.44. The molecule has 1 aromatic rings. The third-order valence-electron chi connectivity index (χ3n) is 3.95. The molecule has 4 rings (SSSR count). The second kappa shape index (κ2) is 3.32. The zero-order valence-electron chi connectivity index (χ0n) is 9.40. The maximum Gasteiger partial charge on any atom is 0.233 e. The molecule has 1 aliphatic carbocycles. The van der Waals surface area contributed by atoms with Crippen molar-refractivity contribution in [2.45, 2.75) is 19.3 Å². The number of anilines is 1. The first kappa shape index (κ1) is 10.3. The monoisotopic (exact) mass is 230 g/mol. The highest BCUT2D eigenvalue weighted by molar-refractivity contribution is 6.05. The van der Waals surface area contributed by atoms with Gasteiger partial charge in [-0.1, -0.05) is 18.2 Å². The Balaban J connectivity index is 1.85. The Morgan fingerprint density at radius 2 is 2.00 bits per heavy atom. The first-order valence-corrected chi connectivity index (χ1v) is 5.79. The lowest BCUT2D eigenvalue weighted by molar-refractivity contribution is -0.158. The number of rotatable bonds is 2. The molecule has 2 bridgehead atoms. The van der Waals surface area contributed by atoms with Crippen LogP contribution in [0.25, 0.3) is 0 Å². The van der Waals surface area contributed by atoms with Gasteiger partial charge in [0.25, 0.3) is 0 Å². The molecule has 3 N–H and O–H groups in total. The normalized spacial score (nSPS) is 30.7. The van der Waals surface area contributed by atoms with E-state index in [-0.39, 0.29) is 17.7 Å². The summed E-state index contributed by atoms with van der Waals surface area (Å²) in [6.45, 7) is 0. The van der Waals surface area contributed by atoms with Gasteiger partial charge >= 0.3 is 0 Å².